The van der Waals surface area contributed by atoms with Crippen LogP contribution in [0.3, 0.4) is 0 Å². The molecule has 0 atom stereocenters. The number of hydrogen-bond donors (Lipinski definition) is 0. The zero-order chi connectivity index (χ0) is 6.27. The molecular formula is C5H5BrN2O. The minimum absolute atomic E-state index is 0.724. The highest BCUT2D eigenvalue weighted by Crippen LogP contribution is 2.21. The topological polar surface area (TPSA) is 27.1 Å². The van der Waals surface area contributed by atoms with Crippen molar-refractivity contribution in [2.24, 2.45) is 0 Å². The van der Waals surface area contributed by atoms with Gasteiger partial charge in [-0.25, -0.2) is 4.98 Å². The first-order valence-electron chi connectivity index (χ1n) is 2.72. The summed E-state index contributed by atoms with van der Waals surface area (Å²) >= 11 is 3.34. The minimum Gasteiger partial charge on any atom is -0.463 e. The second-order valence-electron chi connectivity index (χ2n) is 1.86. The van der Waals surface area contributed by atoms with Crippen LogP contribution in [0.25, 0.3) is 0 Å². The highest BCUT2D eigenvalue weighted by atomic mass is 79.9. The van der Waals surface area contributed by atoms with Crippen LogP contribution in [-0.4, -0.2) is 16.2 Å². The van der Waals surface area contributed by atoms with Crippen LogP contribution in [0.2, 0.25) is 0 Å². The van der Waals surface area contributed by atoms with E-state index in [0.29, 0.717) is 0 Å². The molecule has 0 saturated heterocycles. The SMILES string of the molecule is Brc1cnc2n1CCO2. The van der Waals surface area contributed by atoms with Gasteiger partial charge in [0.25, 0.3) is 6.01 Å². The molecule has 48 valence electrons. The quantitative estimate of drug-likeness (QED) is 0.609. The van der Waals surface area contributed by atoms with Gasteiger partial charge in [-0.1, -0.05) is 0 Å². The maximum atomic E-state index is 5.14. The first-order valence-corrected chi connectivity index (χ1v) is 3.51. The van der Waals surface area contributed by atoms with Crippen molar-refractivity contribution >= 4 is 15.9 Å². The molecule has 0 spiro atoms. The van der Waals surface area contributed by atoms with Crippen molar-refractivity contribution < 1.29 is 4.74 Å². The molecule has 9 heavy (non-hydrogen) atoms. The Hall–Kier alpha value is -0.510. The molecule has 1 aromatic heterocycles. The molecule has 0 amide bonds. The normalized spacial score (nSPS) is 15.2. The van der Waals surface area contributed by atoms with Crippen LogP contribution < -0.4 is 4.74 Å². The van der Waals surface area contributed by atoms with Gasteiger partial charge in [0.1, 0.15) is 11.2 Å². The third kappa shape index (κ3) is 0.660. The monoisotopic (exact) mass is 188 g/mol. The van der Waals surface area contributed by atoms with E-state index in [1.165, 1.54) is 0 Å². The molecule has 0 unspecified atom stereocenters. The molecule has 0 aromatic carbocycles. The van der Waals surface area contributed by atoms with Gasteiger partial charge >= 0.3 is 0 Å². The number of imidazole rings is 1. The summed E-state index contributed by atoms with van der Waals surface area (Å²) in [4.78, 5) is 3.99. The average molecular weight is 189 g/mol. The van der Waals surface area contributed by atoms with Crippen LogP contribution in [0.4, 0.5) is 0 Å². The van der Waals surface area contributed by atoms with Crippen LogP contribution in [0.15, 0.2) is 10.8 Å². The van der Waals surface area contributed by atoms with Crippen molar-refractivity contribution in [3.05, 3.63) is 10.8 Å². The largest absolute Gasteiger partial charge is 0.463 e. The number of fused-ring (bicyclic) bond motifs is 1. The van der Waals surface area contributed by atoms with E-state index in [9.17, 15) is 0 Å². The van der Waals surface area contributed by atoms with Gasteiger partial charge in [0.2, 0.25) is 0 Å². The van der Waals surface area contributed by atoms with E-state index in [0.717, 1.165) is 23.8 Å². The molecule has 0 saturated carbocycles. The Labute approximate surface area is 60.8 Å². The minimum atomic E-state index is 0.724. The van der Waals surface area contributed by atoms with Crippen molar-refractivity contribution in [3.8, 4) is 6.01 Å². The Morgan fingerprint density at radius 1 is 1.78 bits per heavy atom. The number of halogens is 1. The zero-order valence-corrected chi connectivity index (χ0v) is 6.26. The second-order valence-corrected chi connectivity index (χ2v) is 2.68. The summed E-state index contributed by atoms with van der Waals surface area (Å²) in [7, 11) is 0. The van der Waals surface area contributed by atoms with Crippen molar-refractivity contribution in [2.75, 3.05) is 6.61 Å². The van der Waals surface area contributed by atoms with E-state index in [1.807, 2.05) is 4.57 Å². The summed E-state index contributed by atoms with van der Waals surface area (Å²) in [6.07, 6.45) is 1.74. The first kappa shape index (κ1) is 5.29. The summed E-state index contributed by atoms with van der Waals surface area (Å²) < 4.78 is 8.12. The molecule has 4 heteroatoms. The van der Waals surface area contributed by atoms with Gasteiger partial charge in [-0.2, -0.15) is 0 Å². The van der Waals surface area contributed by atoms with Gasteiger partial charge in [0.05, 0.1) is 12.7 Å². The maximum Gasteiger partial charge on any atom is 0.297 e. The third-order valence-electron chi connectivity index (χ3n) is 1.32. The molecule has 1 aliphatic heterocycles. The predicted molar refractivity (Wildman–Crippen MR) is 35.4 cm³/mol. The molecule has 0 bridgehead atoms. The highest BCUT2D eigenvalue weighted by Gasteiger charge is 2.14. The fourth-order valence-corrected chi connectivity index (χ4v) is 1.32. The molecule has 1 aromatic rings. The summed E-state index contributed by atoms with van der Waals surface area (Å²) in [6.45, 7) is 1.66. The van der Waals surface area contributed by atoms with E-state index >= 15 is 0 Å². The van der Waals surface area contributed by atoms with E-state index in [2.05, 4.69) is 20.9 Å². The van der Waals surface area contributed by atoms with Crippen LogP contribution in [-0.2, 0) is 6.54 Å². The van der Waals surface area contributed by atoms with Gasteiger partial charge in [-0.3, -0.25) is 4.57 Å². The Bertz CT molecular complexity index is 233. The van der Waals surface area contributed by atoms with Crippen LogP contribution in [0.5, 0.6) is 6.01 Å². The fraction of sp³-hybridized carbons (Fsp3) is 0.400. The summed E-state index contributed by atoms with van der Waals surface area (Å²) in [6, 6.07) is 0.724. The lowest BCUT2D eigenvalue weighted by Crippen LogP contribution is -1.92. The Balaban J connectivity index is 2.56. The van der Waals surface area contributed by atoms with Crippen LogP contribution >= 0.6 is 15.9 Å². The lowest BCUT2D eigenvalue weighted by molar-refractivity contribution is 0.345. The molecule has 0 N–H and O–H groups in total. The van der Waals surface area contributed by atoms with Crippen molar-refractivity contribution in [2.45, 2.75) is 6.54 Å². The van der Waals surface area contributed by atoms with Crippen LogP contribution in [0, 0.1) is 0 Å². The molecule has 2 rings (SSSR count). The highest BCUT2D eigenvalue weighted by molar-refractivity contribution is 9.10. The number of nitrogens with zero attached hydrogens (tertiary/aromatic N) is 2. The van der Waals surface area contributed by atoms with Gasteiger partial charge < -0.3 is 4.74 Å². The summed E-state index contributed by atoms with van der Waals surface area (Å²) in [5.41, 5.74) is 0. The average Bonchev–Trinajstić information content (AvgIpc) is 2.35. The molecule has 0 aliphatic carbocycles. The molecule has 3 nitrogen and oxygen atoms in total. The number of ether oxygens (including phenoxy) is 1. The van der Waals surface area contributed by atoms with Crippen molar-refractivity contribution in [1.29, 1.82) is 0 Å². The lowest BCUT2D eigenvalue weighted by Gasteiger charge is -1.89. The van der Waals surface area contributed by atoms with Crippen molar-refractivity contribution in [1.82, 2.24) is 9.55 Å². The van der Waals surface area contributed by atoms with Gasteiger partial charge in [-0.05, 0) is 15.9 Å². The number of rotatable bonds is 0. The Morgan fingerprint density at radius 2 is 2.67 bits per heavy atom. The summed E-state index contributed by atoms with van der Waals surface area (Å²) in [5, 5.41) is 0. The van der Waals surface area contributed by atoms with Gasteiger partial charge in [0.15, 0.2) is 0 Å². The molecular weight excluding hydrogens is 184 g/mol. The molecule has 0 fully saturated rings. The van der Waals surface area contributed by atoms with E-state index in [-0.39, 0.29) is 0 Å². The number of aromatic nitrogens is 2. The predicted octanol–water partition coefficient (Wildman–Crippen LogP) is 1.04. The van der Waals surface area contributed by atoms with Gasteiger partial charge in [0, 0.05) is 0 Å². The van der Waals surface area contributed by atoms with Gasteiger partial charge in [-0.15, -0.1) is 0 Å². The first-order chi connectivity index (χ1) is 4.38. The summed E-state index contributed by atoms with van der Waals surface area (Å²) in [5.74, 6) is 0. The fourth-order valence-electron chi connectivity index (χ4n) is 0.885. The lowest BCUT2D eigenvalue weighted by atomic mass is 10.7. The zero-order valence-electron chi connectivity index (χ0n) is 4.67. The Morgan fingerprint density at radius 3 is 3.44 bits per heavy atom. The third-order valence-corrected chi connectivity index (χ3v) is 1.95. The molecule has 2 heterocycles. The number of hydrogen-bond acceptors (Lipinski definition) is 2. The second kappa shape index (κ2) is 1.73. The molecule has 0 radical (unpaired) electrons. The van der Waals surface area contributed by atoms with E-state index in [4.69, 9.17) is 4.74 Å². The van der Waals surface area contributed by atoms with Crippen molar-refractivity contribution in [3.63, 3.8) is 0 Å². The maximum absolute atomic E-state index is 5.14. The van der Waals surface area contributed by atoms with E-state index in [1.54, 1.807) is 6.20 Å². The van der Waals surface area contributed by atoms with Crippen LogP contribution in [0.1, 0.15) is 0 Å². The Kier molecular flexibility index (Phi) is 1.02. The molecule has 1 aliphatic rings. The standard InChI is InChI=1S/C5H5BrN2O/c6-4-3-7-5-8(4)1-2-9-5/h3H,1-2H2. The van der Waals surface area contributed by atoms with E-state index < -0.39 is 0 Å². The smallest absolute Gasteiger partial charge is 0.297 e.